The molecular weight excluding hydrogens is 236 g/mol. The molecule has 0 saturated carbocycles. The van der Waals surface area contributed by atoms with Gasteiger partial charge in [0.25, 0.3) is 0 Å². The Morgan fingerprint density at radius 3 is 2.79 bits per heavy atom. The highest BCUT2D eigenvalue weighted by molar-refractivity contribution is 5.97. The lowest BCUT2D eigenvalue weighted by Gasteiger charge is -2.42. The number of fused-ring (bicyclic) bond motifs is 3. The minimum atomic E-state index is 0.000532. The first-order valence-corrected chi connectivity index (χ1v) is 7.14. The maximum atomic E-state index is 12.1. The molecule has 2 aliphatic rings. The minimum absolute atomic E-state index is 0.000532. The van der Waals surface area contributed by atoms with E-state index in [4.69, 9.17) is 0 Å². The number of rotatable bonds is 1. The number of benzene rings is 1. The van der Waals surface area contributed by atoms with Crippen molar-refractivity contribution in [1.29, 1.82) is 0 Å². The Morgan fingerprint density at radius 2 is 2.05 bits per heavy atom. The smallest absolute Gasteiger partial charge is 0.158 e. The zero-order chi connectivity index (χ0) is 13.6. The van der Waals surface area contributed by atoms with Gasteiger partial charge in [-0.3, -0.25) is 4.79 Å². The zero-order valence-corrected chi connectivity index (χ0v) is 11.6. The molecule has 0 fully saturated rings. The molecule has 2 aliphatic carbocycles. The van der Waals surface area contributed by atoms with Crippen molar-refractivity contribution in [2.75, 3.05) is 0 Å². The molecule has 0 aliphatic heterocycles. The van der Waals surface area contributed by atoms with Crippen molar-refractivity contribution in [1.82, 2.24) is 0 Å². The Kier molecular flexibility index (Phi) is 2.77. The van der Waals surface area contributed by atoms with Crippen LogP contribution in [-0.4, -0.2) is 10.9 Å². The van der Waals surface area contributed by atoms with E-state index in [1.807, 2.05) is 12.1 Å². The van der Waals surface area contributed by atoms with Gasteiger partial charge in [-0.15, -0.1) is 0 Å². The third-order valence-corrected chi connectivity index (χ3v) is 4.90. The van der Waals surface area contributed by atoms with Gasteiger partial charge in [-0.2, -0.15) is 0 Å². The highest BCUT2D eigenvalue weighted by Gasteiger charge is 2.41. The van der Waals surface area contributed by atoms with Gasteiger partial charge in [0.15, 0.2) is 5.78 Å². The van der Waals surface area contributed by atoms with Gasteiger partial charge in [-0.1, -0.05) is 25.5 Å². The molecule has 3 rings (SSSR count). The summed E-state index contributed by atoms with van der Waals surface area (Å²) in [6.07, 6.45) is 4.30. The zero-order valence-electron chi connectivity index (χ0n) is 11.6. The number of aromatic hydroxyl groups is 1. The van der Waals surface area contributed by atoms with E-state index in [1.54, 1.807) is 6.07 Å². The van der Waals surface area contributed by atoms with Gasteiger partial charge in [0, 0.05) is 11.8 Å². The molecule has 2 nitrogen and oxygen atoms in total. The number of allylic oxidation sites excluding steroid dienone is 2. The fourth-order valence-electron chi connectivity index (χ4n) is 3.89. The van der Waals surface area contributed by atoms with E-state index in [0.717, 1.165) is 31.3 Å². The van der Waals surface area contributed by atoms with Crippen LogP contribution in [0.2, 0.25) is 0 Å². The van der Waals surface area contributed by atoms with Gasteiger partial charge in [0.2, 0.25) is 0 Å². The Morgan fingerprint density at radius 1 is 1.26 bits per heavy atom. The SMILES string of the molecule is CCC1=C2CCc3cc(O)ccc3C2(C)CCC1=O. The molecular formula is C17H20O2. The molecule has 1 aromatic carbocycles. The number of phenolic OH excluding ortho intramolecular Hbond substituents is 1. The molecule has 0 aromatic heterocycles. The molecule has 2 heteroatoms. The van der Waals surface area contributed by atoms with Crippen molar-refractivity contribution >= 4 is 5.78 Å². The van der Waals surface area contributed by atoms with Gasteiger partial charge < -0.3 is 5.11 Å². The van der Waals surface area contributed by atoms with Crippen molar-refractivity contribution in [3.63, 3.8) is 0 Å². The monoisotopic (exact) mass is 256 g/mol. The molecule has 0 bridgehead atoms. The van der Waals surface area contributed by atoms with Crippen LogP contribution in [0.1, 0.15) is 50.7 Å². The van der Waals surface area contributed by atoms with E-state index in [9.17, 15) is 9.90 Å². The predicted octanol–water partition coefficient (Wildman–Crippen LogP) is 3.67. The van der Waals surface area contributed by atoms with Crippen LogP contribution in [0.4, 0.5) is 0 Å². The lowest BCUT2D eigenvalue weighted by atomic mass is 9.61. The highest BCUT2D eigenvalue weighted by Crippen LogP contribution is 2.49. The molecule has 19 heavy (non-hydrogen) atoms. The maximum Gasteiger partial charge on any atom is 0.158 e. The topological polar surface area (TPSA) is 37.3 Å². The van der Waals surface area contributed by atoms with Gasteiger partial charge in [-0.05, 0) is 54.5 Å². The Labute approximate surface area is 114 Å². The first-order chi connectivity index (χ1) is 9.06. The highest BCUT2D eigenvalue weighted by atomic mass is 16.3. The number of Topliss-reactive ketones (excluding diaryl/α,β-unsaturated/α-hetero) is 1. The van der Waals surface area contributed by atoms with Gasteiger partial charge >= 0.3 is 0 Å². The fraction of sp³-hybridized carbons (Fsp3) is 0.471. The second-order valence-electron chi connectivity index (χ2n) is 5.91. The summed E-state index contributed by atoms with van der Waals surface area (Å²) < 4.78 is 0. The maximum absolute atomic E-state index is 12.1. The largest absolute Gasteiger partial charge is 0.508 e. The fourth-order valence-corrected chi connectivity index (χ4v) is 3.89. The molecule has 100 valence electrons. The van der Waals surface area contributed by atoms with Crippen molar-refractivity contribution in [3.05, 3.63) is 40.5 Å². The summed E-state index contributed by atoms with van der Waals surface area (Å²) in [4.78, 5) is 12.1. The van der Waals surface area contributed by atoms with Crippen LogP contribution in [0.25, 0.3) is 0 Å². The van der Waals surface area contributed by atoms with Gasteiger partial charge in [0.05, 0.1) is 0 Å². The molecule has 0 heterocycles. The van der Waals surface area contributed by atoms with Gasteiger partial charge in [-0.25, -0.2) is 0 Å². The van der Waals surface area contributed by atoms with Crippen LogP contribution in [0, 0.1) is 0 Å². The number of hydrogen-bond donors (Lipinski definition) is 1. The van der Waals surface area contributed by atoms with Crippen molar-refractivity contribution in [2.24, 2.45) is 0 Å². The summed E-state index contributed by atoms with van der Waals surface area (Å²) in [5.74, 6) is 0.689. The summed E-state index contributed by atoms with van der Waals surface area (Å²) in [6.45, 7) is 4.35. The van der Waals surface area contributed by atoms with E-state index in [-0.39, 0.29) is 5.41 Å². The summed E-state index contributed by atoms with van der Waals surface area (Å²) in [6, 6.07) is 5.71. The lowest BCUT2D eigenvalue weighted by Crippen LogP contribution is -2.36. The standard InChI is InChI=1S/C17H20O2/c1-3-13-15-6-4-11-10-12(18)5-7-14(11)17(15,2)9-8-16(13)19/h5,7,10,18H,3-4,6,8-9H2,1-2H3. The van der Waals surface area contributed by atoms with Crippen molar-refractivity contribution in [2.45, 2.75) is 51.4 Å². The Balaban J connectivity index is 2.21. The van der Waals surface area contributed by atoms with E-state index >= 15 is 0 Å². The minimum Gasteiger partial charge on any atom is -0.508 e. The van der Waals surface area contributed by atoms with Crippen LogP contribution in [0.5, 0.6) is 5.75 Å². The summed E-state index contributed by atoms with van der Waals surface area (Å²) in [7, 11) is 0. The molecule has 0 spiro atoms. The quantitative estimate of drug-likeness (QED) is 0.832. The second-order valence-corrected chi connectivity index (χ2v) is 5.91. The first-order valence-electron chi connectivity index (χ1n) is 7.14. The molecule has 1 atom stereocenters. The van der Waals surface area contributed by atoms with Gasteiger partial charge in [0.1, 0.15) is 5.75 Å². The van der Waals surface area contributed by atoms with E-state index < -0.39 is 0 Å². The molecule has 0 amide bonds. The average molecular weight is 256 g/mol. The number of aryl methyl sites for hydroxylation is 1. The number of hydrogen-bond acceptors (Lipinski definition) is 2. The van der Waals surface area contributed by atoms with Crippen LogP contribution in [0.3, 0.4) is 0 Å². The van der Waals surface area contributed by atoms with Crippen LogP contribution >= 0.6 is 0 Å². The lowest BCUT2D eigenvalue weighted by molar-refractivity contribution is -0.116. The normalized spacial score (nSPS) is 26.1. The number of phenols is 1. The predicted molar refractivity (Wildman–Crippen MR) is 75.3 cm³/mol. The number of ketones is 1. The molecule has 0 radical (unpaired) electrons. The molecule has 0 saturated heterocycles. The summed E-state index contributed by atoms with van der Waals surface area (Å²) >= 11 is 0. The number of carbonyl (C=O) groups is 1. The number of carbonyl (C=O) groups excluding carboxylic acids is 1. The summed E-state index contributed by atoms with van der Waals surface area (Å²) in [5.41, 5.74) is 4.97. The molecule has 1 N–H and O–H groups in total. The van der Waals surface area contributed by atoms with Crippen molar-refractivity contribution in [3.8, 4) is 5.75 Å². The van der Waals surface area contributed by atoms with Crippen molar-refractivity contribution < 1.29 is 9.90 Å². The Hall–Kier alpha value is -1.57. The summed E-state index contributed by atoms with van der Waals surface area (Å²) in [5, 5.41) is 9.64. The Bertz CT molecular complexity index is 583. The van der Waals surface area contributed by atoms with Crippen LogP contribution < -0.4 is 0 Å². The molecule has 1 unspecified atom stereocenters. The first kappa shape index (κ1) is 12.5. The van der Waals surface area contributed by atoms with E-state index in [1.165, 1.54) is 16.7 Å². The molecule has 1 aromatic rings. The van der Waals surface area contributed by atoms with E-state index in [2.05, 4.69) is 13.8 Å². The van der Waals surface area contributed by atoms with E-state index in [0.29, 0.717) is 18.0 Å². The third-order valence-electron chi connectivity index (χ3n) is 4.90. The second kappa shape index (κ2) is 4.22. The average Bonchev–Trinajstić information content (AvgIpc) is 2.39. The third kappa shape index (κ3) is 1.73. The van der Waals surface area contributed by atoms with Crippen LogP contribution in [-0.2, 0) is 16.6 Å². The van der Waals surface area contributed by atoms with Crippen LogP contribution in [0.15, 0.2) is 29.3 Å².